The quantitative estimate of drug-likeness (QED) is 0.570. The smallest absolute Gasteiger partial charge is 0.285 e. The second kappa shape index (κ2) is 9.92. The van der Waals surface area contributed by atoms with Crippen molar-refractivity contribution in [2.45, 2.75) is 30.9 Å². The van der Waals surface area contributed by atoms with E-state index in [1.54, 1.807) is 18.2 Å². The number of piperidine rings is 1. The minimum absolute atomic E-state index is 0.0301. The van der Waals surface area contributed by atoms with Crippen LogP contribution in [-0.4, -0.2) is 38.2 Å². The van der Waals surface area contributed by atoms with Gasteiger partial charge in [-0.05, 0) is 48.2 Å². The number of fused-ring (bicyclic) bond motifs is 1. The van der Waals surface area contributed by atoms with Crippen LogP contribution in [0.15, 0.2) is 88.2 Å². The van der Waals surface area contributed by atoms with E-state index in [1.807, 2.05) is 65.6 Å². The number of amides is 1. The number of benzene rings is 3. The number of nitrogens with zero attached hydrogens (tertiary/aromatic N) is 2. The molecule has 3 aromatic rings. The lowest BCUT2D eigenvalue weighted by atomic mass is 9.95. The summed E-state index contributed by atoms with van der Waals surface area (Å²) < 4.78 is 34.4. The molecule has 0 aromatic heterocycles. The van der Waals surface area contributed by atoms with E-state index in [-0.39, 0.29) is 16.7 Å². The first-order chi connectivity index (χ1) is 17.0. The highest BCUT2D eigenvalue weighted by Gasteiger charge is 2.34. The van der Waals surface area contributed by atoms with Crippen molar-refractivity contribution in [2.24, 2.45) is 10.3 Å². The number of nitrogens with one attached hydrogen (secondary N) is 1. The zero-order valence-electron chi connectivity index (χ0n) is 19.3. The van der Waals surface area contributed by atoms with Crippen LogP contribution < -0.4 is 10.1 Å². The molecule has 2 heterocycles. The van der Waals surface area contributed by atoms with E-state index in [9.17, 15) is 13.2 Å². The van der Waals surface area contributed by atoms with E-state index in [2.05, 4.69) is 9.71 Å². The number of amidine groups is 1. The molecule has 2 aliphatic rings. The Bertz CT molecular complexity index is 1330. The number of likely N-dealkylation sites (tertiary alicyclic amines) is 1. The molecule has 8 heteroatoms. The fraction of sp³-hybridized carbons (Fsp3) is 0.259. The first-order valence-electron chi connectivity index (χ1n) is 11.7. The highest BCUT2D eigenvalue weighted by atomic mass is 32.2. The van der Waals surface area contributed by atoms with Crippen molar-refractivity contribution in [1.29, 1.82) is 0 Å². The van der Waals surface area contributed by atoms with Gasteiger partial charge in [-0.3, -0.25) is 4.79 Å². The van der Waals surface area contributed by atoms with Crippen LogP contribution in [0.3, 0.4) is 0 Å². The minimum Gasteiger partial charge on any atom is -0.489 e. The number of hydrogen-bond acceptors (Lipinski definition) is 5. The Labute approximate surface area is 205 Å². The van der Waals surface area contributed by atoms with E-state index in [4.69, 9.17) is 4.74 Å². The molecule has 0 saturated carbocycles. The second-order valence-electron chi connectivity index (χ2n) is 8.78. The molecule has 180 valence electrons. The first kappa shape index (κ1) is 23.1. The molecular weight excluding hydrogens is 462 g/mol. The number of carbonyl (C=O) groups is 1. The Morgan fingerprint density at radius 1 is 0.914 bits per heavy atom. The maximum absolute atomic E-state index is 12.8. The summed E-state index contributed by atoms with van der Waals surface area (Å²) in [6.07, 6.45) is 1.31. The minimum atomic E-state index is -3.64. The summed E-state index contributed by atoms with van der Waals surface area (Å²) in [5.41, 5.74) is 2.74. The highest BCUT2D eigenvalue weighted by Crippen LogP contribution is 2.29. The van der Waals surface area contributed by atoms with Gasteiger partial charge in [-0.25, -0.2) is 0 Å². The molecule has 35 heavy (non-hydrogen) atoms. The summed E-state index contributed by atoms with van der Waals surface area (Å²) in [6.45, 7) is 2.15. The van der Waals surface area contributed by atoms with E-state index in [0.29, 0.717) is 50.5 Å². The zero-order chi connectivity index (χ0) is 24.3. The lowest BCUT2D eigenvalue weighted by Crippen LogP contribution is -2.42. The van der Waals surface area contributed by atoms with Crippen molar-refractivity contribution in [3.63, 3.8) is 0 Å². The molecule has 0 radical (unpaired) electrons. The Morgan fingerprint density at radius 3 is 2.31 bits per heavy atom. The van der Waals surface area contributed by atoms with Crippen molar-refractivity contribution in [3.05, 3.63) is 95.6 Å². The van der Waals surface area contributed by atoms with Crippen molar-refractivity contribution < 1.29 is 17.9 Å². The largest absolute Gasteiger partial charge is 0.489 e. The fourth-order valence-corrected chi connectivity index (χ4v) is 5.67. The Kier molecular flexibility index (Phi) is 6.55. The Hall–Kier alpha value is -3.65. The van der Waals surface area contributed by atoms with Crippen LogP contribution in [0.5, 0.6) is 5.75 Å². The molecule has 1 saturated heterocycles. The van der Waals surface area contributed by atoms with Crippen LogP contribution in [0.2, 0.25) is 0 Å². The Balaban J connectivity index is 1.10. The SMILES string of the molecule is O=C(NCc1ccc(COc2ccccc2)cc1)C1CCN(C2=NS(=O)(=O)c3ccccc32)CC1. The third-order valence-corrected chi connectivity index (χ3v) is 7.74. The number of para-hydroxylation sites is 1. The lowest BCUT2D eigenvalue weighted by Gasteiger charge is -2.32. The summed E-state index contributed by atoms with van der Waals surface area (Å²) in [6, 6.07) is 24.6. The lowest BCUT2D eigenvalue weighted by molar-refractivity contribution is -0.126. The average Bonchev–Trinajstić information content (AvgIpc) is 3.18. The van der Waals surface area contributed by atoms with Gasteiger partial charge in [0.25, 0.3) is 10.0 Å². The zero-order valence-corrected chi connectivity index (χ0v) is 20.1. The van der Waals surface area contributed by atoms with E-state index >= 15 is 0 Å². The van der Waals surface area contributed by atoms with Crippen molar-refractivity contribution in [2.75, 3.05) is 13.1 Å². The molecule has 0 unspecified atom stereocenters. The predicted octanol–water partition coefficient (Wildman–Crippen LogP) is 3.74. The van der Waals surface area contributed by atoms with Gasteiger partial charge in [0.1, 0.15) is 17.3 Å². The summed E-state index contributed by atoms with van der Waals surface area (Å²) in [7, 11) is -3.64. The third kappa shape index (κ3) is 5.22. The third-order valence-electron chi connectivity index (χ3n) is 6.42. The topological polar surface area (TPSA) is 88.1 Å². The van der Waals surface area contributed by atoms with E-state index < -0.39 is 10.0 Å². The molecule has 5 rings (SSSR count). The molecule has 0 aliphatic carbocycles. The van der Waals surface area contributed by atoms with Crippen LogP contribution in [0, 0.1) is 5.92 Å². The van der Waals surface area contributed by atoms with Gasteiger partial charge in [-0.1, -0.05) is 54.6 Å². The van der Waals surface area contributed by atoms with Gasteiger partial charge in [0.15, 0.2) is 5.84 Å². The van der Waals surface area contributed by atoms with Crippen molar-refractivity contribution in [3.8, 4) is 5.75 Å². The molecule has 7 nitrogen and oxygen atoms in total. The average molecular weight is 490 g/mol. The van der Waals surface area contributed by atoms with Crippen LogP contribution in [-0.2, 0) is 28.0 Å². The van der Waals surface area contributed by atoms with Gasteiger partial charge in [0.2, 0.25) is 5.91 Å². The number of rotatable bonds is 6. The Morgan fingerprint density at radius 2 is 1.57 bits per heavy atom. The monoisotopic (exact) mass is 489 g/mol. The molecule has 0 bridgehead atoms. The highest BCUT2D eigenvalue weighted by molar-refractivity contribution is 7.90. The first-order valence-corrected chi connectivity index (χ1v) is 13.2. The molecule has 0 atom stereocenters. The van der Waals surface area contributed by atoms with Gasteiger partial charge in [0, 0.05) is 31.1 Å². The number of sulfonamides is 1. The molecular formula is C27H27N3O4S. The van der Waals surface area contributed by atoms with Crippen molar-refractivity contribution in [1.82, 2.24) is 10.2 Å². The van der Waals surface area contributed by atoms with Gasteiger partial charge in [-0.15, -0.1) is 4.40 Å². The second-order valence-corrected chi connectivity index (χ2v) is 10.4. The van der Waals surface area contributed by atoms with E-state index in [0.717, 1.165) is 16.9 Å². The number of hydrogen-bond donors (Lipinski definition) is 1. The summed E-state index contributed by atoms with van der Waals surface area (Å²) in [5.74, 6) is 1.26. The predicted molar refractivity (Wildman–Crippen MR) is 134 cm³/mol. The molecule has 1 amide bonds. The molecule has 1 fully saturated rings. The molecule has 1 N–H and O–H groups in total. The summed E-state index contributed by atoms with van der Waals surface area (Å²) in [4.78, 5) is 15.0. The van der Waals surface area contributed by atoms with Gasteiger partial charge in [0.05, 0.1) is 0 Å². The van der Waals surface area contributed by atoms with Gasteiger partial charge in [-0.2, -0.15) is 8.42 Å². The van der Waals surface area contributed by atoms with Gasteiger partial charge < -0.3 is 15.0 Å². The standard InChI is InChI=1S/C27H27N3O4S/c31-27(28-18-20-10-12-21(13-11-20)19-34-23-6-2-1-3-7-23)22-14-16-30(17-15-22)26-24-8-4-5-9-25(24)35(32,33)29-26/h1-13,22H,14-19H2,(H,28,31). The molecule has 2 aliphatic heterocycles. The maximum Gasteiger partial charge on any atom is 0.285 e. The normalized spacial score (nSPS) is 16.9. The molecule has 3 aromatic carbocycles. The van der Waals surface area contributed by atoms with E-state index in [1.165, 1.54) is 0 Å². The van der Waals surface area contributed by atoms with Crippen LogP contribution in [0.25, 0.3) is 0 Å². The van der Waals surface area contributed by atoms with Crippen LogP contribution in [0.4, 0.5) is 0 Å². The summed E-state index contributed by atoms with van der Waals surface area (Å²) >= 11 is 0. The fourth-order valence-electron chi connectivity index (χ4n) is 4.44. The summed E-state index contributed by atoms with van der Waals surface area (Å²) in [5, 5.41) is 3.04. The van der Waals surface area contributed by atoms with Crippen LogP contribution in [0.1, 0.15) is 29.5 Å². The number of ether oxygens (including phenoxy) is 1. The van der Waals surface area contributed by atoms with Crippen LogP contribution >= 0.6 is 0 Å². The van der Waals surface area contributed by atoms with Crippen molar-refractivity contribution >= 4 is 21.8 Å². The van der Waals surface area contributed by atoms with Gasteiger partial charge >= 0.3 is 0 Å². The number of carbonyl (C=O) groups excluding carboxylic acids is 1. The molecule has 0 spiro atoms. The maximum atomic E-state index is 12.8.